The van der Waals surface area contributed by atoms with Crippen LogP contribution in [0.4, 0.5) is 4.39 Å². The minimum absolute atomic E-state index is 0.171. The standard InChI is InChI=1S/C14H20ClFN2/c1-3-14(2)10-18(7-6-17-14)9-11-4-5-12(16)8-13(11)15/h4-5,8,17H,3,6-7,9-10H2,1-2H3. The predicted octanol–water partition coefficient (Wildman–Crippen LogP) is 3.05. The third kappa shape index (κ3) is 3.22. The highest BCUT2D eigenvalue weighted by atomic mass is 35.5. The SMILES string of the molecule is CCC1(C)CN(Cc2ccc(F)cc2Cl)CCN1. The number of nitrogens with zero attached hydrogens (tertiary/aromatic N) is 1. The molecule has 0 saturated carbocycles. The lowest BCUT2D eigenvalue weighted by atomic mass is 9.95. The molecule has 0 bridgehead atoms. The van der Waals surface area contributed by atoms with E-state index in [1.165, 1.54) is 12.1 Å². The van der Waals surface area contributed by atoms with Crippen molar-refractivity contribution in [2.45, 2.75) is 32.4 Å². The molecule has 2 rings (SSSR count). The Morgan fingerprint density at radius 1 is 1.50 bits per heavy atom. The van der Waals surface area contributed by atoms with Crippen LogP contribution in [-0.2, 0) is 6.54 Å². The smallest absolute Gasteiger partial charge is 0.124 e. The maximum absolute atomic E-state index is 13.0. The summed E-state index contributed by atoms with van der Waals surface area (Å²) in [6.45, 7) is 8.22. The van der Waals surface area contributed by atoms with Gasteiger partial charge in [-0.3, -0.25) is 4.90 Å². The van der Waals surface area contributed by atoms with E-state index in [1.54, 1.807) is 6.07 Å². The maximum Gasteiger partial charge on any atom is 0.124 e. The molecule has 1 N–H and O–H groups in total. The van der Waals surface area contributed by atoms with E-state index < -0.39 is 0 Å². The maximum atomic E-state index is 13.0. The van der Waals surface area contributed by atoms with Gasteiger partial charge in [-0.2, -0.15) is 0 Å². The molecule has 100 valence electrons. The molecule has 1 aliphatic heterocycles. The molecule has 18 heavy (non-hydrogen) atoms. The molecule has 1 aromatic rings. The van der Waals surface area contributed by atoms with Gasteiger partial charge in [-0.1, -0.05) is 24.6 Å². The molecule has 0 radical (unpaired) electrons. The van der Waals surface area contributed by atoms with Crippen LogP contribution in [0, 0.1) is 5.82 Å². The molecule has 1 aliphatic rings. The molecular weight excluding hydrogens is 251 g/mol. The number of halogens is 2. The van der Waals surface area contributed by atoms with Crippen molar-refractivity contribution in [1.29, 1.82) is 0 Å². The van der Waals surface area contributed by atoms with Crippen molar-refractivity contribution >= 4 is 11.6 Å². The molecule has 0 aliphatic carbocycles. The molecule has 1 saturated heterocycles. The summed E-state index contributed by atoms with van der Waals surface area (Å²) >= 11 is 6.07. The zero-order chi connectivity index (χ0) is 13.2. The van der Waals surface area contributed by atoms with Crippen LogP contribution in [0.15, 0.2) is 18.2 Å². The highest BCUT2D eigenvalue weighted by molar-refractivity contribution is 6.31. The van der Waals surface area contributed by atoms with Crippen molar-refractivity contribution in [3.8, 4) is 0 Å². The number of nitrogens with one attached hydrogen (secondary N) is 1. The zero-order valence-corrected chi connectivity index (χ0v) is 11.7. The topological polar surface area (TPSA) is 15.3 Å². The monoisotopic (exact) mass is 270 g/mol. The first kappa shape index (κ1) is 13.8. The Morgan fingerprint density at radius 3 is 2.94 bits per heavy atom. The fourth-order valence-electron chi connectivity index (χ4n) is 2.41. The minimum atomic E-state index is -0.276. The predicted molar refractivity (Wildman–Crippen MR) is 73.4 cm³/mol. The van der Waals surface area contributed by atoms with Crippen LogP contribution in [0.5, 0.6) is 0 Å². The van der Waals surface area contributed by atoms with Crippen LogP contribution in [0.25, 0.3) is 0 Å². The Bertz CT molecular complexity index is 424. The second kappa shape index (κ2) is 5.55. The molecule has 1 aromatic carbocycles. The Morgan fingerprint density at radius 2 is 2.28 bits per heavy atom. The average Bonchev–Trinajstić information content (AvgIpc) is 2.33. The lowest BCUT2D eigenvalue weighted by Gasteiger charge is -2.41. The summed E-state index contributed by atoms with van der Waals surface area (Å²) in [7, 11) is 0. The fraction of sp³-hybridized carbons (Fsp3) is 0.571. The van der Waals surface area contributed by atoms with E-state index in [9.17, 15) is 4.39 Å². The molecule has 4 heteroatoms. The summed E-state index contributed by atoms with van der Waals surface area (Å²) in [5, 5.41) is 4.07. The number of piperazine rings is 1. The summed E-state index contributed by atoms with van der Waals surface area (Å²) < 4.78 is 13.0. The molecule has 1 fully saturated rings. The van der Waals surface area contributed by atoms with E-state index in [2.05, 4.69) is 24.1 Å². The first-order valence-electron chi connectivity index (χ1n) is 6.44. The fourth-order valence-corrected chi connectivity index (χ4v) is 2.63. The van der Waals surface area contributed by atoms with Crippen LogP contribution in [0.3, 0.4) is 0 Å². The van der Waals surface area contributed by atoms with Crippen molar-refractivity contribution in [2.24, 2.45) is 0 Å². The van der Waals surface area contributed by atoms with Crippen LogP contribution in [-0.4, -0.2) is 30.1 Å². The van der Waals surface area contributed by atoms with Gasteiger partial charge in [-0.25, -0.2) is 4.39 Å². The average molecular weight is 271 g/mol. The number of benzene rings is 1. The molecular formula is C14H20ClFN2. The number of rotatable bonds is 3. The van der Waals surface area contributed by atoms with Crippen molar-refractivity contribution in [1.82, 2.24) is 10.2 Å². The zero-order valence-electron chi connectivity index (χ0n) is 11.0. The van der Waals surface area contributed by atoms with Crippen molar-refractivity contribution in [2.75, 3.05) is 19.6 Å². The second-order valence-corrected chi connectivity index (χ2v) is 5.69. The first-order chi connectivity index (χ1) is 8.52. The Balaban J connectivity index is 2.05. The first-order valence-corrected chi connectivity index (χ1v) is 6.81. The van der Waals surface area contributed by atoms with Gasteiger partial charge in [0.1, 0.15) is 5.82 Å². The van der Waals surface area contributed by atoms with Crippen LogP contribution in [0.2, 0.25) is 5.02 Å². The minimum Gasteiger partial charge on any atom is -0.309 e. The number of hydrogen-bond donors (Lipinski definition) is 1. The van der Waals surface area contributed by atoms with Gasteiger partial charge in [0.05, 0.1) is 0 Å². The van der Waals surface area contributed by atoms with Crippen molar-refractivity contribution in [3.05, 3.63) is 34.6 Å². The molecule has 0 spiro atoms. The summed E-state index contributed by atoms with van der Waals surface area (Å²) in [6.07, 6.45) is 1.10. The van der Waals surface area contributed by atoms with E-state index >= 15 is 0 Å². The third-order valence-electron chi connectivity index (χ3n) is 3.74. The second-order valence-electron chi connectivity index (χ2n) is 5.29. The Kier molecular flexibility index (Phi) is 4.25. The molecule has 1 unspecified atom stereocenters. The Hall–Kier alpha value is -0.640. The van der Waals surface area contributed by atoms with Crippen LogP contribution < -0.4 is 5.32 Å². The van der Waals surface area contributed by atoms with E-state index in [1.807, 2.05) is 0 Å². The molecule has 0 aromatic heterocycles. The van der Waals surface area contributed by atoms with Crippen LogP contribution in [0.1, 0.15) is 25.8 Å². The summed E-state index contributed by atoms with van der Waals surface area (Å²) in [5.74, 6) is -0.276. The summed E-state index contributed by atoms with van der Waals surface area (Å²) in [5.41, 5.74) is 1.17. The third-order valence-corrected chi connectivity index (χ3v) is 4.09. The van der Waals surface area contributed by atoms with Gasteiger partial charge in [0.25, 0.3) is 0 Å². The quantitative estimate of drug-likeness (QED) is 0.908. The van der Waals surface area contributed by atoms with E-state index in [-0.39, 0.29) is 11.4 Å². The summed E-state index contributed by atoms with van der Waals surface area (Å²) in [4.78, 5) is 2.37. The van der Waals surface area contributed by atoms with Gasteiger partial charge in [-0.05, 0) is 31.0 Å². The van der Waals surface area contributed by atoms with Gasteiger partial charge in [-0.15, -0.1) is 0 Å². The van der Waals surface area contributed by atoms with Crippen LogP contribution >= 0.6 is 11.6 Å². The normalized spacial score (nSPS) is 25.3. The summed E-state index contributed by atoms with van der Waals surface area (Å²) in [6, 6.07) is 4.64. The van der Waals surface area contributed by atoms with Gasteiger partial charge in [0.15, 0.2) is 0 Å². The largest absolute Gasteiger partial charge is 0.309 e. The lowest BCUT2D eigenvalue weighted by molar-refractivity contribution is 0.133. The van der Waals surface area contributed by atoms with Gasteiger partial charge in [0.2, 0.25) is 0 Å². The van der Waals surface area contributed by atoms with Gasteiger partial charge in [0, 0.05) is 36.7 Å². The van der Waals surface area contributed by atoms with Crippen molar-refractivity contribution < 1.29 is 4.39 Å². The molecule has 0 amide bonds. The number of hydrogen-bond acceptors (Lipinski definition) is 2. The van der Waals surface area contributed by atoms with Gasteiger partial charge >= 0.3 is 0 Å². The van der Waals surface area contributed by atoms with E-state index in [0.29, 0.717) is 5.02 Å². The van der Waals surface area contributed by atoms with Gasteiger partial charge < -0.3 is 5.32 Å². The highest BCUT2D eigenvalue weighted by Gasteiger charge is 2.28. The van der Waals surface area contributed by atoms with Crippen molar-refractivity contribution in [3.63, 3.8) is 0 Å². The molecule has 1 atom stereocenters. The molecule has 2 nitrogen and oxygen atoms in total. The lowest BCUT2D eigenvalue weighted by Crippen LogP contribution is -2.58. The molecule has 1 heterocycles. The van der Waals surface area contributed by atoms with E-state index in [0.717, 1.165) is 38.2 Å². The Labute approximate surface area is 113 Å². The highest BCUT2D eigenvalue weighted by Crippen LogP contribution is 2.22. The van der Waals surface area contributed by atoms with E-state index in [4.69, 9.17) is 11.6 Å².